The van der Waals surface area contributed by atoms with Crippen LogP contribution in [0.4, 0.5) is 4.53 Å². The largest absolute Gasteiger partial charge is 0.397 e. The average Bonchev–Trinajstić information content (AvgIpc) is 3.05. The van der Waals surface area contributed by atoms with Crippen molar-refractivity contribution in [3.05, 3.63) is 81.4 Å². The lowest BCUT2D eigenvalue weighted by Gasteiger charge is -2.09. The van der Waals surface area contributed by atoms with Gasteiger partial charge in [0.25, 0.3) is 0 Å². The molecule has 0 fully saturated rings. The van der Waals surface area contributed by atoms with Crippen LogP contribution < -0.4 is 0 Å². The summed E-state index contributed by atoms with van der Waals surface area (Å²) in [5.41, 5.74) is 3.94. The normalized spacial score (nSPS) is 14.0. The van der Waals surface area contributed by atoms with E-state index in [9.17, 15) is 9.32 Å². The van der Waals surface area contributed by atoms with Crippen LogP contribution in [-0.2, 0) is 11.4 Å². The second kappa shape index (κ2) is 7.73. The minimum Gasteiger partial charge on any atom is -0.248 e. The molecule has 0 N–H and O–H groups in total. The first-order valence-corrected chi connectivity index (χ1v) is 9.33. The smallest absolute Gasteiger partial charge is 0.248 e. The molecule has 4 rings (SSSR count). The van der Waals surface area contributed by atoms with Crippen molar-refractivity contribution < 1.29 is 14.3 Å². The molecule has 142 valence electrons. The first-order chi connectivity index (χ1) is 13.5. The van der Waals surface area contributed by atoms with E-state index in [4.69, 9.17) is 23.2 Å². The molecule has 8 heteroatoms. The average molecular weight is 418 g/mol. The number of hydrogen-bond donors (Lipinski definition) is 0. The molecular formula is C20H14Cl2FN3O2. The Kier molecular flexibility index (Phi) is 5.15. The maximum atomic E-state index is 12.2. The van der Waals surface area contributed by atoms with Crippen molar-refractivity contribution in [2.45, 2.75) is 19.3 Å². The molecule has 0 radical (unpaired) electrons. The minimum atomic E-state index is -1.13. The second-order valence-electron chi connectivity index (χ2n) is 6.35. The van der Waals surface area contributed by atoms with Crippen molar-refractivity contribution in [1.29, 1.82) is 0 Å². The van der Waals surface area contributed by atoms with Gasteiger partial charge in [-0.15, -0.1) is 0 Å². The molecule has 0 atom stereocenters. The third kappa shape index (κ3) is 3.66. The van der Waals surface area contributed by atoms with Crippen LogP contribution in [0, 0.1) is 0 Å². The van der Waals surface area contributed by atoms with E-state index < -0.39 is 5.97 Å². The lowest BCUT2D eigenvalue weighted by atomic mass is 9.98. The highest BCUT2D eigenvalue weighted by atomic mass is 35.5. The summed E-state index contributed by atoms with van der Waals surface area (Å²) in [7, 11) is 0. The molecule has 0 unspecified atom stereocenters. The summed E-state index contributed by atoms with van der Waals surface area (Å²) < 4.78 is 13.9. The van der Waals surface area contributed by atoms with Crippen LogP contribution >= 0.6 is 23.2 Å². The van der Waals surface area contributed by atoms with Gasteiger partial charge >= 0.3 is 5.97 Å². The van der Waals surface area contributed by atoms with E-state index in [1.165, 1.54) is 6.07 Å². The molecule has 5 nitrogen and oxygen atoms in total. The Morgan fingerprint density at radius 2 is 2.11 bits per heavy atom. The van der Waals surface area contributed by atoms with Gasteiger partial charge in [0, 0.05) is 33.4 Å². The Bertz CT molecular complexity index is 1140. The number of fused-ring (bicyclic) bond motifs is 1. The fraction of sp³-hybridized carbons (Fsp3) is 0.150. The Morgan fingerprint density at radius 3 is 2.89 bits per heavy atom. The number of hydrogen-bond acceptors (Lipinski definition) is 4. The Hall–Kier alpha value is -2.70. The summed E-state index contributed by atoms with van der Waals surface area (Å²) in [6.45, 7) is 0. The lowest BCUT2D eigenvalue weighted by Crippen LogP contribution is -2.05. The lowest BCUT2D eigenvalue weighted by molar-refractivity contribution is -0.0793. The van der Waals surface area contributed by atoms with Gasteiger partial charge in [-0.1, -0.05) is 35.3 Å². The predicted molar refractivity (Wildman–Crippen MR) is 105 cm³/mol. The molecule has 0 amide bonds. The van der Waals surface area contributed by atoms with Gasteiger partial charge in [-0.05, 0) is 48.8 Å². The Labute approximate surface area is 169 Å². The fourth-order valence-corrected chi connectivity index (χ4v) is 3.61. The molecular weight excluding hydrogens is 404 g/mol. The zero-order valence-corrected chi connectivity index (χ0v) is 16.0. The van der Waals surface area contributed by atoms with E-state index in [0.717, 1.165) is 40.2 Å². The number of carbonyl (C=O) groups is 1. The molecule has 1 aliphatic rings. The topological polar surface area (TPSA) is 56.5 Å². The van der Waals surface area contributed by atoms with Crippen LogP contribution in [0.3, 0.4) is 0 Å². The molecule has 3 heterocycles. The molecule has 28 heavy (non-hydrogen) atoms. The predicted octanol–water partition coefficient (Wildman–Crippen LogP) is 5.31. The second-order valence-corrected chi connectivity index (χ2v) is 7.27. The highest BCUT2D eigenvalue weighted by Crippen LogP contribution is 2.31. The molecule has 0 aromatic carbocycles. The van der Waals surface area contributed by atoms with Crippen LogP contribution in [0.5, 0.6) is 0 Å². The molecule has 0 spiro atoms. The Balaban J connectivity index is 1.82. The number of rotatable bonds is 4. The molecule has 0 saturated heterocycles. The maximum Gasteiger partial charge on any atom is 0.397 e. The third-order valence-corrected chi connectivity index (χ3v) is 4.99. The maximum absolute atomic E-state index is 12.2. The van der Waals surface area contributed by atoms with Gasteiger partial charge in [-0.3, -0.25) is 0 Å². The van der Waals surface area contributed by atoms with Crippen molar-refractivity contribution in [1.82, 2.24) is 14.6 Å². The summed E-state index contributed by atoms with van der Waals surface area (Å²) in [4.78, 5) is 18.9. The SMILES string of the molecule is O=C(OF)c1cccc(Cc2c(C3=CCCC(Cl)=C3)nn3cc(Cl)ccc23)n1. The molecule has 3 aromatic heterocycles. The number of pyridine rings is 2. The third-order valence-electron chi connectivity index (χ3n) is 4.47. The van der Waals surface area contributed by atoms with Crippen molar-refractivity contribution in [3.63, 3.8) is 0 Å². The van der Waals surface area contributed by atoms with E-state index in [1.807, 2.05) is 12.1 Å². The molecule has 0 bridgehead atoms. The van der Waals surface area contributed by atoms with Gasteiger partial charge in [0.1, 0.15) is 0 Å². The molecule has 3 aromatic rings. The quantitative estimate of drug-likeness (QED) is 0.576. The number of aromatic nitrogens is 3. The van der Waals surface area contributed by atoms with Crippen LogP contribution in [0.2, 0.25) is 5.02 Å². The van der Waals surface area contributed by atoms with Crippen LogP contribution in [-0.4, -0.2) is 20.6 Å². The van der Waals surface area contributed by atoms with Crippen molar-refractivity contribution in [3.8, 4) is 0 Å². The summed E-state index contributed by atoms with van der Waals surface area (Å²) in [6.07, 6.45) is 7.73. The van der Waals surface area contributed by atoms with Crippen molar-refractivity contribution >= 4 is 40.3 Å². The fourth-order valence-electron chi connectivity index (χ4n) is 3.22. The standard InChI is InChI=1S/C20H14Cl2FN3O2/c21-13-4-1-3-12(9-13)19-16(18-8-7-14(22)11-26(18)25-19)10-15-5-2-6-17(24-15)20(27)28-23/h2-3,5-9,11H,1,4,10H2. The monoisotopic (exact) mass is 417 g/mol. The first-order valence-electron chi connectivity index (χ1n) is 8.57. The molecule has 0 aliphatic heterocycles. The number of allylic oxidation sites excluding steroid dienone is 4. The van der Waals surface area contributed by atoms with Gasteiger partial charge in [-0.2, -0.15) is 5.10 Å². The zero-order valence-electron chi connectivity index (χ0n) is 14.5. The number of halogens is 3. The van der Waals surface area contributed by atoms with Gasteiger partial charge in [0.15, 0.2) is 5.69 Å². The van der Waals surface area contributed by atoms with E-state index >= 15 is 0 Å². The van der Waals surface area contributed by atoms with Gasteiger partial charge < -0.3 is 0 Å². The number of nitrogens with zero attached hydrogens (tertiary/aromatic N) is 3. The van der Waals surface area contributed by atoms with Crippen LogP contribution in [0.15, 0.2) is 53.7 Å². The van der Waals surface area contributed by atoms with Crippen LogP contribution in [0.1, 0.15) is 40.3 Å². The van der Waals surface area contributed by atoms with E-state index in [-0.39, 0.29) is 5.69 Å². The van der Waals surface area contributed by atoms with Gasteiger partial charge in [-0.25, -0.2) is 19.2 Å². The van der Waals surface area contributed by atoms with Crippen molar-refractivity contribution in [2.24, 2.45) is 0 Å². The van der Waals surface area contributed by atoms with Gasteiger partial charge in [0.2, 0.25) is 0 Å². The van der Waals surface area contributed by atoms with E-state index in [0.29, 0.717) is 17.1 Å². The van der Waals surface area contributed by atoms with Gasteiger partial charge in [0.05, 0.1) is 16.2 Å². The summed E-state index contributed by atoms with van der Waals surface area (Å²) in [5, 5.41) is 6.01. The van der Waals surface area contributed by atoms with E-state index in [2.05, 4.69) is 21.1 Å². The zero-order chi connectivity index (χ0) is 19.7. The minimum absolute atomic E-state index is 0.0964. The van der Waals surface area contributed by atoms with Crippen LogP contribution in [0.25, 0.3) is 11.1 Å². The van der Waals surface area contributed by atoms with Crippen molar-refractivity contribution in [2.75, 3.05) is 0 Å². The van der Waals surface area contributed by atoms with E-state index in [1.54, 1.807) is 28.9 Å². The molecule has 1 aliphatic carbocycles. The summed E-state index contributed by atoms with van der Waals surface area (Å²) in [5.74, 6) is -1.13. The highest BCUT2D eigenvalue weighted by molar-refractivity contribution is 6.30. The highest BCUT2D eigenvalue weighted by Gasteiger charge is 2.19. The number of carbonyl (C=O) groups excluding carboxylic acids is 1. The summed E-state index contributed by atoms with van der Waals surface area (Å²) >= 11 is 12.3. The summed E-state index contributed by atoms with van der Waals surface area (Å²) in [6, 6.07) is 8.45. The first kappa shape index (κ1) is 18.7. The molecule has 0 saturated carbocycles. The Morgan fingerprint density at radius 1 is 1.25 bits per heavy atom.